The first-order valence-electron chi connectivity index (χ1n) is 11.3. The second kappa shape index (κ2) is 8.48. The molecule has 0 spiro atoms. The number of amides is 2. The predicted molar refractivity (Wildman–Crippen MR) is 113 cm³/mol. The van der Waals surface area contributed by atoms with Crippen molar-refractivity contribution in [1.29, 1.82) is 0 Å². The van der Waals surface area contributed by atoms with E-state index in [1.54, 1.807) is 15.9 Å². The molecule has 3 aliphatic rings. The fraction of sp³-hybridized carbons (Fsp3) is 0.522. The van der Waals surface area contributed by atoms with Crippen molar-refractivity contribution in [3.05, 3.63) is 53.3 Å². The highest BCUT2D eigenvalue weighted by Gasteiger charge is 2.42. The standard InChI is InChI=1S/C23H26F3N5O2/c24-23(25,26)20-5-3-4-16(8-20)10-28-11-18-13-30(14-19(18)12-28)22(33)31-15-17(9-27-31)21(32)29-6-1-2-7-29/h3-5,8-9,15,18-19H,1-2,6-7,10-14H2. The summed E-state index contributed by atoms with van der Waals surface area (Å²) in [4.78, 5) is 31.1. The number of likely N-dealkylation sites (tertiary alicyclic amines) is 3. The highest BCUT2D eigenvalue weighted by molar-refractivity contribution is 5.94. The average molecular weight is 461 g/mol. The van der Waals surface area contributed by atoms with E-state index in [4.69, 9.17) is 0 Å². The Morgan fingerprint density at radius 3 is 2.36 bits per heavy atom. The van der Waals surface area contributed by atoms with Gasteiger partial charge in [0, 0.05) is 52.0 Å². The van der Waals surface area contributed by atoms with Gasteiger partial charge in [0.05, 0.1) is 17.3 Å². The molecule has 3 saturated heterocycles. The second-order valence-corrected chi connectivity index (χ2v) is 9.27. The van der Waals surface area contributed by atoms with Gasteiger partial charge in [0.1, 0.15) is 0 Å². The predicted octanol–water partition coefficient (Wildman–Crippen LogP) is 3.17. The van der Waals surface area contributed by atoms with Crippen LogP contribution in [-0.2, 0) is 12.7 Å². The van der Waals surface area contributed by atoms with Crippen molar-refractivity contribution in [2.24, 2.45) is 11.8 Å². The zero-order valence-electron chi connectivity index (χ0n) is 18.2. The third kappa shape index (κ3) is 4.48. The topological polar surface area (TPSA) is 61.7 Å². The summed E-state index contributed by atoms with van der Waals surface area (Å²) in [6.45, 7) is 4.58. The molecule has 33 heavy (non-hydrogen) atoms. The lowest BCUT2D eigenvalue weighted by atomic mass is 10.0. The molecule has 0 bridgehead atoms. The normalized spacial score (nSPS) is 23.4. The van der Waals surface area contributed by atoms with Crippen LogP contribution in [0.1, 0.15) is 34.3 Å². The van der Waals surface area contributed by atoms with E-state index in [0.717, 1.165) is 45.1 Å². The van der Waals surface area contributed by atoms with Crippen LogP contribution in [0, 0.1) is 11.8 Å². The maximum absolute atomic E-state index is 13.0. The van der Waals surface area contributed by atoms with Gasteiger partial charge in [-0.2, -0.15) is 23.0 Å². The number of rotatable bonds is 3. The number of carbonyl (C=O) groups is 2. The average Bonchev–Trinajstić information content (AvgIpc) is 3.56. The quantitative estimate of drug-likeness (QED) is 0.705. The monoisotopic (exact) mass is 461 g/mol. The smallest absolute Gasteiger partial charge is 0.339 e. The maximum atomic E-state index is 13.0. The number of benzene rings is 1. The molecule has 2 aromatic rings. The van der Waals surface area contributed by atoms with Gasteiger partial charge in [-0.1, -0.05) is 18.2 Å². The van der Waals surface area contributed by atoms with Crippen LogP contribution >= 0.6 is 0 Å². The summed E-state index contributed by atoms with van der Waals surface area (Å²) in [5.41, 5.74) is 0.444. The molecule has 0 N–H and O–H groups in total. The van der Waals surface area contributed by atoms with E-state index in [-0.39, 0.29) is 23.8 Å². The number of hydrogen-bond donors (Lipinski definition) is 0. The number of carbonyl (C=O) groups excluding carboxylic acids is 2. The van der Waals surface area contributed by atoms with Gasteiger partial charge in [-0.05, 0) is 36.3 Å². The third-order valence-electron chi connectivity index (χ3n) is 6.91. The molecular weight excluding hydrogens is 435 g/mol. The van der Waals surface area contributed by atoms with Gasteiger partial charge >= 0.3 is 12.2 Å². The van der Waals surface area contributed by atoms with Crippen LogP contribution in [0.3, 0.4) is 0 Å². The van der Waals surface area contributed by atoms with Crippen molar-refractivity contribution in [2.75, 3.05) is 39.3 Å². The number of halogens is 3. The van der Waals surface area contributed by atoms with Crippen molar-refractivity contribution in [3.63, 3.8) is 0 Å². The van der Waals surface area contributed by atoms with Gasteiger partial charge in [-0.15, -0.1) is 0 Å². The molecule has 4 heterocycles. The number of nitrogens with zero attached hydrogens (tertiary/aromatic N) is 5. The van der Waals surface area contributed by atoms with E-state index in [0.29, 0.717) is 30.8 Å². The summed E-state index contributed by atoms with van der Waals surface area (Å²) < 4.78 is 40.2. The minimum Gasteiger partial charge on any atom is -0.339 e. The molecule has 5 rings (SSSR count). The summed E-state index contributed by atoms with van der Waals surface area (Å²) >= 11 is 0. The fourth-order valence-corrected chi connectivity index (χ4v) is 5.27. The molecule has 2 amide bonds. The van der Waals surface area contributed by atoms with Crippen molar-refractivity contribution in [2.45, 2.75) is 25.6 Å². The van der Waals surface area contributed by atoms with Crippen LogP contribution in [0.2, 0.25) is 0 Å². The molecule has 1 aromatic carbocycles. The molecule has 7 nitrogen and oxygen atoms in total. The van der Waals surface area contributed by atoms with Crippen molar-refractivity contribution < 1.29 is 22.8 Å². The minimum atomic E-state index is -4.34. The Bertz CT molecular complexity index is 1030. The van der Waals surface area contributed by atoms with Gasteiger partial charge in [0.25, 0.3) is 5.91 Å². The zero-order valence-corrected chi connectivity index (χ0v) is 18.2. The van der Waals surface area contributed by atoms with E-state index in [1.165, 1.54) is 29.2 Å². The first-order valence-corrected chi connectivity index (χ1v) is 11.3. The third-order valence-corrected chi connectivity index (χ3v) is 6.91. The Labute approximate surface area is 189 Å². The Kier molecular flexibility index (Phi) is 5.64. The molecule has 0 aliphatic carbocycles. The Morgan fingerprint density at radius 2 is 1.70 bits per heavy atom. The minimum absolute atomic E-state index is 0.0879. The van der Waals surface area contributed by atoms with E-state index in [1.807, 2.05) is 0 Å². The van der Waals surface area contributed by atoms with E-state index < -0.39 is 11.7 Å². The lowest BCUT2D eigenvalue weighted by Gasteiger charge is -2.21. The number of hydrogen-bond acceptors (Lipinski definition) is 4. The summed E-state index contributed by atoms with van der Waals surface area (Å²) in [5, 5.41) is 4.12. The lowest BCUT2D eigenvalue weighted by molar-refractivity contribution is -0.137. The van der Waals surface area contributed by atoms with Crippen LogP contribution in [0.25, 0.3) is 0 Å². The molecule has 0 saturated carbocycles. The summed E-state index contributed by atoms with van der Waals surface area (Å²) in [6.07, 6.45) is 0.618. The molecule has 3 aliphatic heterocycles. The highest BCUT2D eigenvalue weighted by atomic mass is 19.4. The van der Waals surface area contributed by atoms with Crippen LogP contribution in [-0.4, -0.2) is 75.7 Å². The van der Waals surface area contributed by atoms with Gasteiger partial charge in [0.15, 0.2) is 0 Å². The molecular formula is C23H26F3N5O2. The van der Waals surface area contributed by atoms with Crippen molar-refractivity contribution in [1.82, 2.24) is 24.5 Å². The Morgan fingerprint density at radius 1 is 1.00 bits per heavy atom. The summed E-state index contributed by atoms with van der Waals surface area (Å²) in [5.74, 6) is 0.470. The van der Waals surface area contributed by atoms with E-state index in [9.17, 15) is 22.8 Å². The van der Waals surface area contributed by atoms with Crippen molar-refractivity contribution >= 4 is 11.9 Å². The zero-order chi connectivity index (χ0) is 23.2. The van der Waals surface area contributed by atoms with E-state index in [2.05, 4.69) is 10.00 Å². The first kappa shape index (κ1) is 21.9. The van der Waals surface area contributed by atoms with Crippen LogP contribution < -0.4 is 0 Å². The molecule has 2 unspecified atom stereocenters. The van der Waals surface area contributed by atoms with Gasteiger partial charge in [-0.25, -0.2) is 4.79 Å². The Balaban J connectivity index is 1.17. The summed E-state index contributed by atoms with van der Waals surface area (Å²) in [7, 11) is 0. The molecule has 0 radical (unpaired) electrons. The Hall–Kier alpha value is -2.88. The summed E-state index contributed by atoms with van der Waals surface area (Å²) in [6, 6.07) is 5.22. The molecule has 2 atom stereocenters. The largest absolute Gasteiger partial charge is 0.416 e. The van der Waals surface area contributed by atoms with Crippen molar-refractivity contribution in [3.8, 4) is 0 Å². The second-order valence-electron chi connectivity index (χ2n) is 9.27. The first-order chi connectivity index (χ1) is 15.8. The number of fused-ring (bicyclic) bond motifs is 1. The van der Waals surface area contributed by atoms with Gasteiger partial charge in [0.2, 0.25) is 0 Å². The molecule has 176 valence electrons. The van der Waals surface area contributed by atoms with Gasteiger partial charge in [-0.3, -0.25) is 9.69 Å². The number of alkyl halides is 3. The SMILES string of the molecule is O=C(c1cnn(C(=O)N2CC3CN(Cc4cccc(C(F)(F)F)c4)CC3C2)c1)N1CCCC1. The van der Waals surface area contributed by atoms with E-state index >= 15 is 0 Å². The van der Waals surface area contributed by atoms with Crippen LogP contribution in [0.4, 0.5) is 18.0 Å². The maximum Gasteiger partial charge on any atom is 0.416 e. The van der Waals surface area contributed by atoms with Gasteiger partial charge < -0.3 is 9.80 Å². The molecule has 3 fully saturated rings. The number of aromatic nitrogens is 2. The molecule has 10 heteroatoms. The van der Waals surface area contributed by atoms with Crippen LogP contribution in [0.15, 0.2) is 36.7 Å². The highest BCUT2D eigenvalue weighted by Crippen LogP contribution is 2.33. The lowest BCUT2D eigenvalue weighted by Crippen LogP contribution is -2.36. The molecule has 1 aromatic heterocycles. The van der Waals surface area contributed by atoms with Crippen LogP contribution in [0.5, 0.6) is 0 Å². The fourth-order valence-electron chi connectivity index (χ4n) is 5.27.